The maximum atomic E-state index is 14.1. The van der Waals surface area contributed by atoms with Crippen molar-refractivity contribution in [2.75, 3.05) is 32.8 Å². The molecule has 1 amide bonds. The first-order chi connectivity index (χ1) is 17.4. The number of hydrogen-bond acceptors (Lipinski definition) is 4. The number of fused-ring (bicyclic) bond motifs is 4. The average molecular weight is 487 g/mol. The van der Waals surface area contributed by atoms with Gasteiger partial charge in [-0.25, -0.2) is 0 Å². The lowest BCUT2D eigenvalue weighted by Crippen LogP contribution is -2.52. The van der Waals surface area contributed by atoms with Crippen molar-refractivity contribution in [1.82, 2.24) is 19.7 Å². The van der Waals surface area contributed by atoms with E-state index in [2.05, 4.69) is 78.5 Å². The van der Waals surface area contributed by atoms with E-state index in [1.165, 1.54) is 5.56 Å². The maximum Gasteiger partial charge on any atom is 0.254 e. The number of hydrogen-bond donors (Lipinski definition) is 1. The first kappa shape index (κ1) is 24.4. The van der Waals surface area contributed by atoms with E-state index in [9.17, 15) is 4.79 Å². The van der Waals surface area contributed by atoms with Gasteiger partial charge in [-0.3, -0.25) is 9.69 Å². The molecule has 2 aliphatic heterocycles. The molecule has 36 heavy (non-hydrogen) atoms. The van der Waals surface area contributed by atoms with Crippen LogP contribution in [0.1, 0.15) is 57.0 Å². The third-order valence-electron chi connectivity index (χ3n) is 7.97. The van der Waals surface area contributed by atoms with Crippen LogP contribution in [0.3, 0.4) is 0 Å². The van der Waals surface area contributed by atoms with E-state index in [1.54, 1.807) is 0 Å². The summed E-state index contributed by atoms with van der Waals surface area (Å²) in [5, 5.41) is 1.14. The summed E-state index contributed by atoms with van der Waals surface area (Å²) < 4.78 is 5.82. The highest BCUT2D eigenvalue weighted by Gasteiger charge is 2.57. The third-order valence-corrected chi connectivity index (χ3v) is 7.97. The molecule has 0 bridgehead atoms. The fourth-order valence-corrected chi connectivity index (χ4v) is 6.10. The molecule has 1 aromatic heterocycles. The molecule has 0 saturated carbocycles. The van der Waals surface area contributed by atoms with Gasteiger partial charge in [-0.15, -0.1) is 0 Å². The van der Waals surface area contributed by atoms with E-state index >= 15 is 0 Å². The van der Waals surface area contributed by atoms with Gasteiger partial charge >= 0.3 is 0 Å². The molecule has 2 atom stereocenters. The van der Waals surface area contributed by atoms with E-state index in [0.29, 0.717) is 19.6 Å². The van der Waals surface area contributed by atoms with Crippen LogP contribution < -0.4 is 4.74 Å². The van der Waals surface area contributed by atoms with Crippen LogP contribution >= 0.6 is 0 Å². The van der Waals surface area contributed by atoms with Crippen molar-refractivity contribution < 1.29 is 9.53 Å². The Balaban J connectivity index is 1.57. The molecule has 6 heteroatoms. The van der Waals surface area contributed by atoms with Crippen molar-refractivity contribution >= 4 is 16.8 Å². The summed E-state index contributed by atoms with van der Waals surface area (Å²) in [6.45, 7) is 17.3. The van der Waals surface area contributed by atoms with Crippen LogP contribution in [-0.4, -0.2) is 63.9 Å². The fourth-order valence-electron chi connectivity index (χ4n) is 6.10. The summed E-state index contributed by atoms with van der Waals surface area (Å²) in [5.41, 5.74) is 3.87. The second-order valence-corrected chi connectivity index (χ2v) is 10.0. The van der Waals surface area contributed by atoms with Crippen molar-refractivity contribution in [3.05, 3.63) is 77.8 Å². The van der Waals surface area contributed by atoms with Gasteiger partial charge < -0.3 is 19.5 Å². The number of aromatic nitrogens is 1. The molecule has 6 nitrogen and oxygen atoms in total. The Morgan fingerprint density at radius 3 is 2.58 bits per heavy atom. The van der Waals surface area contributed by atoms with Gasteiger partial charge in [0.15, 0.2) is 0 Å². The third kappa shape index (κ3) is 3.88. The number of amides is 1. The fraction of sp³-hybridized carbons (Fsp3) is 0.433. The zero-order valence-electron chi connectivity index (χ0n) is 22.0. The number of carbonyl (C=O) groups is 1. The molecule has 1 fully saturated rings. The number of rotatable bonds is 9. The molecule has 3 aromatic rings. The predicted octanol–water partition coefficient (Wildman–Crippen LogP) is 5.32. The Bertz CT molecular complexity index is 1260. The summed E-state index contributed by atoms with van der Waals surface area (Å²) in [7, 11) is 0. The average Bonchev–Trinajstić information content (AvgIpc) is 3.33. The molecule has 3 heterocycles. The molecule has 2 aromatic carbocycles. The quantitative estimate of drug-likeness (QED) is 0.445. The molecule has 2 aliphatic rings. The van der Waals surface area contributed by atoms with E-state index in [1.807, 2.05) is 24.0 Å². The van der Waals surface area contributed by atoms with Gasteiger partial charge in [-0.2, -0.15) is 0 Å². The molecule has 1 saturated heterocycles. The first-order valence-corrected chi connectivity index (χ1v) is 13.3. The second-order valence-electron chi connectivity index (χ2n) is 10.0. The van der Waals surface area contributed by atoms with Gasteiger partial charge in [0.1, 0.15) is 17.1 Å². The Hall–Kier alpha value is -3.25. The SMILES string of the molecule is C=C1N(CCCN(CC)CC)C(=O)[C@]2(C)Cc3c([nH]c4ccc(OCC)cc34)[C@@H](c3ccccc3)N12. The summed E-state index contributed by atoms with van der Waals surface area (Å²) >= 11 is 0. The number of aromatic amines is 1. The van der Waals surface area contributed by atoms with Crippen LogP contribution in [0.2, 0.25) is 0 Å². The van der Waals surface area contributed by atoms with Crippen molar-refractivity contribution in [1.29, 1.82) is 0 Å². The Morgan fingerprint density at radius 1 is 1.14 bits per heavy atom. The van der Waals surface area contributed by atoms with E-state index in [0.717, 1.165) is 59.8 Å². The number of nitrogens with one attached hydrogen (secondary N) is 1. The zero-order chi connectivity index (χ0) is 25.4. The van der Waals surface area contributed by atoms with Gasteiger partial charge in [-0.1, -0.05) is 50.8 Å². The van der Waals surface area contributed by atoms with Gasteiger partial charge in [0, 0.05) is 29.6 Å². The summed E-state index contributed by atoms with van der Waals surface area (Å²) in [4.78, 5) is 24.4. The monoisotopic (exact) mass is 486 g/mol. The van der Waals surface area contributed by atoms with E-state index in [-0.39, 0.29) is 11.9 Å². The Morgan fingerprint density at radius 2 is 1.89 bits per heavy atom. The molecule has 1 N–H and O–H groups in total. The molecular formula is C30H38N4O2. The van der Waals surface area contributed by atoms with Crippen molar-refractivity contribution in [3.63, 3.8) is 0 Å². The van der Waals surface area contributed by atoms with Crippen molar-refractivity contribution in [2.45, 2.75) is 52.1 Å². The van der Waals surface area contributed by atoms with Crippen LogP contribution in [0, 0.1) is 0 Å². The zero-order valence-corrected chi connectivity index (χ0v) is 22.0. The topological polar surface area (TPSA) is 51.8 Å². The van der Waals surface area contributed by atoms with E-state index in [4.69, 9.17) is 4.74 Å². The molecule has 5 rings (SSSR count). The smallest absolute Gasteiger partial charge is 0.254 e. The second kappa shape index (κ2) is 9.66. The summed E-state index contributed by atoms with van der Waals surface area (Å²) in [6.07, 6.45) is 1.56. The predicted molar refractivity (Wildman–Crippen MR) is 145 cm³/mol. The number of carbonyl (C=O) groups excluding carboxylic acids is 1. The van der Waals surface area contributed by atoms with Crippen LogP contribution in [0.25, 0.3) is 10.9 Å². The lowest BCUT2D eigenvalue weighted by molar-refractivity contribution is -0.133. The van der Waals surface area contributed by atoms with Gasteiger partial charge in [0.25, 0.3) is 5.91 Å². The molecule has 0 unspecified atom stereocenters. The van der Waals surface area contributed by atoms with E-state index < -0.39 is 5.54 Å². The number of nitrogens with zero attached hydrogens (tertiary/aromatic N) is 3. The maximum absolute atomic E-state index is 14.1. The minimum atomic E-state index is -0.698. The molecule has 190 valence electrons. The van der Waals surface area contributed by atoms with Gasteiger partial charge in [0.2, 0.25) is 0 Å². The Kier molecular flexibility index (Phi) is 6.56. The normalized spacial score (nSPS) is 21.4. The highest BCUT2D eigenvalue weighted by Crippen LogP contribution is 2.51. The Labute approximate surface area is 214 Å². The summed E-state index contributed by atoms with van der Waals surface area (Å²) in [6, 6.07) is 16.6. The number of ether oxygens (including phenoxy) is 1. The standard InChI is InChI=1S/C30H38N4O2/c1-6-32(7-2)17-12-18-33-21(4)34-28(22-13-10-9-11-14-22)27-25(20-30(34,5)29(33)35)24-19-23(36-8-3)15-16-26(24)31-27/h9-11,13-16,19,28,31H,4,6-8,12,17-18,20H2,1-3,5H3/t28-,30+/m1/s1. The minimum Gasteiger partial charge on any atom is -0.494 e. The van der Waals surface area contributed by atoms with Gasteiger partial charge in [-0.05, 0) is 69.2 Å². The lowest BCUT2D eigenvalue weighted by atomic mass is 9.81. The largest absolute Gasteiger partial charge is 0.494 e. The van der Waals surface area contributed by atoms with Crippen molar-refractivity contribution in [3.8, 4) is 5.75 Å². The van der Waals surface area contributed by atoms with Crippen LogP contribution in [-0.2, 0) is 11.2 Å². The highest BCUT2D eigenvalue weighted by atomic mass is 16.5. The van der Waals surface area contributed by atoms with Crippen LogP contribution in [0.15, 0.2) is 60.9 Å². The summed E-state index contributed by atoms with van der Waals surface area (Å²) in [5.74, 6) is 1.81. The van der Waals surface area contributed by atoms with Crippen LogP contribution in [0.5, 0.6) is 5.75 Å². The first-order valence-electron chi connectivity index (χ1n) is 13.3. The number of H-pyrrole nitrogens is 1. The molecule has 0 radical (unpaired) electrons. The highest BCUT2D eigenvalue weighted by molar-refractivity contribution is 5.94. The van der Waals surface area contributed by atoms with Gasteiger partial charge in [0.05, 0.1) is 12.6 Å². The lowest BCUT2D eigenvalue weighted by Gasteiger charge is -2.44. The number of benzene rings is 2. The molecule has 0 spiro atoms. The van der Waals surface area contributed by atoms with Crippen LogP contribution in [0.4, 0.5) is 0 Å². The molecular weight excluding hydrogens is 448 g/mol. The minimum absolute atomic E-state index is 0.118. The van der Waals surface area contributed by atoms with Crippen molar-refractivity contribution in [2.24, 2.45) is 0 Å². The molecule has 0 aliphatic carbocycles.